The minimum Gasteiger partial charge on any atom is -0.508 e. The molecule has 0 spiro atoms. The topological polar surface area (TPSA) is 78.8 Å². The summed E-state index contributed by atoms with van der Waals surface area (Å²) in [6, 6.07) is 12.2. The lowest BCUT2D eigenvalue weighted by atomic mass is 9.74. The van der Waals surface area contributed by atoms with Gasteiger partial charge in [-0.15, -0.1) is 0 Å². The van der Waals surface area contributed by atoms with Crippen LogP contribution in [0.2, 0.25) is 0 Å². The van der Waals surface area contributed by atoms with Gasteiger partial charge in [0.05, 0.1) is 18.8 Å². The smallest absolute Gasteiger partial charge is 0.251 e. The summed E-state index contributed by atoms with van der Waals surface area (Å²) in [5.74, 6) is 0.962. The number of carbonyl (C=O) groups is 1. The van der Waals surface area contributed by atoms with E-state index in [-0.39, 0.29) is 29.7 Å². The van der Waals surface area contributed by atoms with Crippen molar-refractivity contribution in [2.24, 2.45) is 5.92 Å². The Balaban J connectivity index is 1.59. The van der Waals surface area contributed by atoms with E-state index in [0.29, 0.717) is 25.0 Å². The molecule has 5 nitrogen and oxygen atoms in total. The molecule has 130 valence electrons. The van der Waals surface area contributed by atoms with Crippen molar-refractivity contribution in [3.05, 3.63) is 59.2 Å². The number of aliphatic hydroxyl groups is 1. The zero-order chi connectivity index (χ0) is 17.4. The van der Waals surface area contributed by atoms with Gasteiger partial charge < -0.3 is 20.3 Å². The average molecular weight is 339 g/mol. The van der Waals surface area contributed by atoms with Gasteiger partial charge in [-0.2, -0.15) is 0 Å². The van der Waals surface area contributed by atoms with E-state index in [0.717, 1.165) is 23.3 Å². The van der Waals surface area contributed by atoms with E-state index in [1.54, 1.807) is 12.1 Å². The van der Waals surface area contributed by atoms with Gasteiger partial charge in [0.15, 0.2) is 0 Å². The van der Waals surface area contributed by atoms with E-state index in [2.05, 4.69) is 11.4 Å². The highest BCUT2D eigenvalue weighted by atomic mass is 16.5. The third-order valence-corrected chi connectivity index (χ3v) is 5.09. The third kappa shape index (κ3) is 3.20. The summed E-state index contributed by atoms with van der Waals surface area (Å²) in [6.45, 7) is 0.696. The minimum absolute atomic E-state index is 0.0675. The van der Waals surface area contributed by atoms with Crippen molar-refractivity contribution in [3.8, 4) is 11.5 Å². The summed E-state index contributed by atoms with van der Waals surface area (Å²) in [7, 11) is 0. The Morgan fingerprint density at radius 3 is 2.80 bits per heavy atom. The van der Waals surface area contributed by atoms with Crippen LogP contribution in [0.15, 0.2) is 42.5 Å². The fourth-order valence-corrected chi connectivity index (χ4v) is 3.65. The number of benzene rings is 2. The van der Waals surface area contributed by atoms with Gasteiger partial charge in [-0.05, 0) is 60.2 Å². The molecule has 0 bridgehead atoms. The number of carbonyl (C=O) groups excluding carboxylic acids is 1. The lowest BCUT2D eigenvalue weighted by Crippen LogP contribution is -2.41. The monoisotopic (exact) mass is 339 g/mol. The first-order valence-electron chi connectivity index (χ1n) is 8.64. The fraction of sp³-hybridized carbons (Fsp3) is 0.350. The van der Waals surface area contributed by atoms with Crippen LogP contribution < -0.4 is 10.1 Å². The Hall–Kier alpha value is -2.53. The van der Waals surface area contributed by atoms with Gasteiger partial charge in [0.1, 0.15) is 11.5 Å². The molecule has 1 amide bonds. The second-order valence-electron chi connectivity index (χ2n) is 6.85. The van der Waals surface area contributed by atoms with Gasteiger partial charge >= 0.3 is 0 Å². The first-order valence-corrected chi connectivity index (χ1v) is 8.64. The highest BCUT2D eigenvalue weighted by molar-refractivity contribution is 5.94. The molecule has 3 N–H and O–H groups in total. The molecule has 25 heavy (non-hydrogen) atoms. The molecule has 1 aliphatic heterocycles. The van der Waals surface area contributed by atoms with Crippen molar-refractivity contribution < 1.29 is 19.7 Å². The van der Waals surface area contributed by atoms with Gasteiger partial charge in [0, 0.05) is 12.0 Å². The predicted octanol–water partition coefficient (Wildman–Crippen LogP) is 2.57. The minimum atomic E-state index is -0.289. The number of aromatic hydroxyl groups is 1. The van der Waals surface area contributed by atoms with Crippen molar-refractivity contribution in [1.29, 1.82) is 0 Å². The van der Waals surface area contributed by atoms with Crippen LogP contribution in [0.5, 0.6) is 11.5 Å². The van der Waals surface area contributed by atoms with E-state index in [1.165, 1.54) is 12.1 Å². The number of nitrogens with one attached hydrogen (secondary N) is 1. The number of rotatable bonds is 4. The lowest BCUT2D eigenvalue weighted by molar-refractivity contribution is 0.0235. The first kappa shape index (κ1) is 16.0. The number of fused-ring (bicyclic) bond motifs is 1. The van der Waals surface area contributed by atoms with Gasteiger partial charge in [-0.3, -0.25) is 4.79 Å². The molecule has 2 aliphatic rings. The molecule has 4 rings (SSSR count). The van der Waals surface area contributed by atoms with Gasteiger partial charge in [0.25, 0.3) is 5.91 Å². The summed E-state index contributed by atoms with van der Waals surface area (Å²) >= 11 is 0. The second-order valence-corrected chi connectivity index (χ2v) is 6.85. The number of hydrogen-bond donors (Lipinski definition) is 3. The molecule has 5 heteroatoms. The van der Waals surface area contributed by atoms with E-state index >= 15 is 0 Å². The van der Waals surface area contributed by atoms with Crippen LogP contribution in [0.4, 0.5) is 0 Å². The largest absolute Gasteiger partial charge is 0.508 e. The van der Waals surface area contributed by atoms with E-state index in [9.17, 15) is 15.0 Å². The highest BCUT2D eigenvalue weighted by Gasteiger charge is 2.36. The van der Waals surface area contributed by atoms with Gasteiger partial charge in [0.2, 0.25) is 0 Å². The zero-order valence-corrected chi connectivity index (χ0v) is 13.8. The maximum absolute atomic E-state index is 12.6. The van der Waals surface area contributed by atoms with Crippen molar-refractivity contribution >= 4 is 5.91 Å². The van der Waals surface area contributed by atoms with Crippen molar-refractivity contribution in [3.63, 3.8) is 0 Å². The van der Waals surface area contributed by atoms with Crippen LogP contribution in [0.1, 0.15) is 40.4 Å². The molecular weight excluding hydrogens is 318 g/mol. The molecule has 1 unspecified atom stereocenters. The molecule has 1 saturated carbocycles. The van der Waals surface area contributed by atoms with Crippen LogP contribution in [0.3, 0.4) is 0 Å². The van der Waals surface area contributed by atoms with Crippen molar-refractivity contribution in [2.75, 3.05) is 6.61 Å². The van der Waals surface area contributed by atoms with Crippen LogP contribution in [-0.2, 0) is 6.42 Å². The van der Waals surface area contributed by atoms with E-state index in [4.69, 9.17) is 4.74 Å². The van der Waals surface area contributed by atoms with Crippen molar-refractivity contribution in [2.45, 2.75) is 31.4 Å². The molecule has 1 heterocycles. The van der Waals surface area contributed by atoms with E-state index < -0.39 is 0 Å². The quantitative estimate of drug-likeness (QED) is 0.800. The Kier molecular flexibility index (Phi) is 4.09. The Bertz CT molecular complexity index is 798. The molecule has 0 aromatic heterocycles. The number of phenolic OH excluding ortho intramolecular Hbond substituents is 1. The summed E-state index contributed by atoms with van der Waals surface area (Å²) in [6.07, 6.45) is 1.95. The van der Waals surface area contributed by atoms with Gasteiger partial charge in [-0.25, -0.2) is 0 Å². The molecule has 1 aliphatic carbocycles. The first-order chi connectivity index (χ1) is 12.1. The van der Waals surface area contributed by atoms with Crippen molar-refractivity contribution in [1.82, 2.24) is 5.32 Å². The summed E-state index contributed by atoms with van der Waals surface area (Å²) in [5, 5.41) is 22.4. The number of ether oxygens (including phenoxy) is 1. The maximum Gasteiger partial charge on any atom is 0.251 e. The SMILES string of the molecule is O=C(NC(c1ccc2c(c1)CCO2)C1CC(O)C1)c1cccc(O)c1. The second kappa shape index (κ2) is 6.41. The zero-order valence-electron chi connectivity index (χ0n) is 13.8. The number of amides is 1. The Morgan fingerprint density at radius 1 is 1.20 bits per heavy atom. The van der Waals surface area contributed by atoms with E-state index in [1.807, 2.05) is 12.1 Å². The normalized spacial score (nSPS) is 22.4. The van der Waals surface area contributed by atoms with Crippen LogP contribution >= 0.6 is 0 Å². The molecule has 1 fully saturated rings. The number of aliphatic hydroxyl groups excluding tert-OH is 1. The number of phenols is 1. The third-order valence-electron chi connectivity index (χ3n) is 5.09. The molecule has 2 aromatic rings. The fourth-order valence-electron chi connectivity index (χ4n) is 3.65. The summed E-state index contributed by atoms with van der Waals surface area (Å²) in [4.78, 5) is 12.6. The van der Waals surface area contributed by atoms with Crippen LogP contribution in [-0.4, -0.2) is 28.8 Å². The molecule has 0 radical (unpaired) electrons. The highest BCUT2D eigenvalue weighted by Crippen LogP contribution is 2.40. The molecule has 2 aromatic carbocycles. The maximum atomic E-state index is 12.6. The van der Waals surface area contributed by atoms with Crippen LogP contribution in [0.25, 0.3) is 0 Å². The van der Waals surface area contributed by atoms with Gasteiger partial charge in [-0.1, -0.05) is 12.1 Å². The Labute approximate surface area is 146 Å². The summed E-state index contributed by atoms with van der Waals surface area (Å²) in [5.41, 5.74) is 2.62. The Morgan fingerprint density at radius 2 is 2.04 bits per heavy atom. The predicted molar refractivity (Wildman–Crippen MR) is 92.7 cm³/mol. The molecule has 1 atom stereocenters. The van der Waals surface area contributed by atoms with Crippen LogP contribution in [0, 0.1) is 5.92 Å². The average Bonchev–Trinajstić information content (AvgIpc) is 3.04. The molecule has 0 saturated heterocycles. The lowest BCUT2D eigenvalue weighted by Gasteiger charge is -2.38. The number of hydrogen-bond acceptors (Lipinski definition) is 4. The molecular formula is C20H21NO4. The standard InChI is InChI=1S/C20H21NO4/c22-16-3-1-2-14(9-16)20(24)21-19(15-10-17(23)11-15)13-4-5-18-12(8-13)6-7-25-18/h1-5,8-9,15,17,19,22-23H,6-7,10-11H2,(H,21,24). The summed E-state index contributed by atoms with van der Waals surface area (Å²) < 4.78 is 5.56.